The van der Waals surface area contributed by atoms with Gasteiger partial charge in [-0.25, -0.2) is 4.98 Å². The van der Waals surface area contributed by atoms with Gasteiger partial charge in [-0.3, -0.25) is 14.8 Å². The molecule has 0 saturated carbocycles. The minimum Gasteiger partial charge on any atom is -0.471 e. The highest BCUT2D eigenvalue weighted by Crippen LogP contribution is 2.34. The summed E-state index contributed by atoms with van der Waals surface area (Å²) in [5, 5.41) is 2.80. The van der Waals surface area contributed by atoms with E-state index in [1.165, 1.54) is 12.5 Å². The maximum absolute atomic E-state index is 11.4. The fourth-order valence-electron chi connectivity index (χ4n) is 3.50. The van der Waals surface area contributed by atoms with Crippen molar-refractivity contribution in [3.63, 3.8) is 0 Å². The van der Waals surface area contributed by atoms with Crippen LogP contribution >= 0.6 is 0 Å². The van der Waals surface area contributed by atoms with Gasteiger partial charge in [-0.05, 0) is 55.0 Å². The van der Waals surface area contributed by atoms with Gasteiger partial charge < -0.3 is 10.1 Å². The first-order valence-corrected chi connectivity index (χ1v) is 9.47. The molecule has 1 aliphatic rings. The Morgan fingerprint density at radius 3 is 2.89 bits per heavy atom. The van der Waals surface area contributed by atoms with Gasteiger partial charge in [0.1, 0.15) is 6.61 Å². The van der Waals surface area contributed by atoms with E-state index in [1.807, 2.05) is 36.5 Å². The first-order valence-electron chi connectivity index (χ1n) is 9.47. The van der Waals surface area contributed by atoms with E-state index in [2.05, 4.69) is 15.3 Å². The molecule has 142 valence electrons. The smallest absolute Gasteiger partial charge is 0.221 e. The quantitative estimate of drug-likeness (QED) is 0.732. The standard InChI is InChI=1S/C22H22N4O2/c1-15(27)25-18-10-16(12-23-13-18)20-11-22(26-21-8-3-2-7-19(20)21)28-14-17-6-4-5-9-24-17/h4-6,9-13H,2-3,7-8,14H2,1H3,(H,25,27). The van der Waals surface area contributed by atoms with Gasteiger partial charge in [-0.1, -0.05) is 6.07 Å². The summed E-state index contributed by atoms with van der Waals surface area (Å²) in [7, 11) is 0. The summed E-state index contributed by atoms with van der Waals surface area (Å²) in [6, 6.07) is 9.67. The summed E-state index contributed by atoms with van der Waals surface area (Å²) >= 11 is 0. The molecule has 3 aromatic rings. The van der Waals surface area contributed by atoms with Gasteiger partial charge in [0.15, 0.2) is 0 Å². The number of amides is 1. The molecule has 0 radical (unpaired) electrons. The van der Waals surface area contributed by atoms with Crippen LogP contribution in [-0.2, 0) is 24.2 Å². The van der Waals surface area contributed by atoms with Gasteiger partial charge in [0.05, 0.1) is 17.6 Å². The van der Waals surface area contributed by atoms with Crippen LogP contribution in [0.1, 0.15) is 36.7 Å². The monoisotopic (exact) mass is 374 g/mol. The summed E-state index contributed by atoms with van der Waals surface area (Å²) in [6.07, 6.45) is 9.44. The van der Waals surface area contributed by atoms with Crippen LogP contribution in [0.5, 0.6) is 5.88 Å². The highest BCUT2D eigenvalue weighted by Gasteiger charge is 2.18. The largest absolute Gasteiger partial charge is 0.471 e. The molecule has 1 N–H and O–H groups in total. The summed E-state index contributed by atoms with van der Waals surface area (Å²) in [4.78, 5) is 24.7. The minimum absolute atomic E-state index is 0.116. The summed E-state index contributed by atoms with van der Waals surface area (Å²) in [6.45, 7) is 1.86. The molecular weight excluding hydrogens is 352 g/mol. The summed E-state index contributed by atoms with van der Waals surface area (Å²) < 4.78 is 5.95. The van der Waals surface area contributed by atoms with Crippen LogP contribution in [0.2, 0.25) is 0 Å². The molecule has 1 aliphatic carbocycles. The van der Waals surface area contributed by atoms with Crippen molar-refractivity contribution in [2.24, 2.45) is 0 Å². The Morgan fingerprint density at radius 2 is 2.07 bits per heavy atom. The molecule has 6 nitrogen and oxygen atoms in total. The number of rotatable bonds is 5. The maximum atomic E-state index is 11.4. The summed E-state index contributed by atoms with van der Waals surface area (Å²) in [5.74, 6) is 0.473. The van der Waals surface area contributed by atoms with E-state index in [-0.39, 0.29) is 5.91 Å². The number of pyridine rings is 3. The predicted octanol–water partition coefficient (Wildman–Crippen LogP) is 3.95. The van der Waals surface area contributed by atoms with Gasteiger partial charge in [0.25, 0.3) is 0 Å². The second kappa shape index (κ2) is 8.17. The van der Waals surface area contributed by atoms with Crippen molar-refractivity contribution in [3.8, 4) is 17.0 Å². The fourth-order valence-corrected chi connectivity index (χ4v) is 3.50. The molecule has 6 heteroatoms. The van der Waals surface area contributed by atoms with E-state index in [0.29, 0.717) is 18.2 Å². The number of carbonyl (C=O) groups excluding carboxylic acids is 1. The molecule has 28 heavy (non-hydrogen) atoms. The van der Waals surface area contributed by atoms with Crippen molar-refractivity contribution in [1.29, 1.82) is 0 Å². The molecule has 0 atom stereocenters. The third kappa shape index (κ3) is 4.17. The molecule has 0 aromatic carbocycles. The van der Waals surface area contributed by atoms with E-state index >= 15 is 0 Å². The van der Waals surface area contributed by atoms with Crippen LogP contribution < -0.4 is 10.1 Å². The van der Waals surface area contributed by atoms with Crippen molar-refractivity contribution >= 4 is 11.6 Å². The number of fused-ring (bicyclic) bond motifs is 1. The molecule has 0 saturated heterocycles. The highest BCUT2D eigenvalue weighted by atomic mass is 16.5. The zero-order valence-electron chi connectivity index (χ0n) is 15.8. The molecule has 0 fully saturated rings. The van der Waals surface area contributed by atoms with E-state index in [9.17, 15) is 4.79 Å². The molecule has 0 unspecified atom stereocenters. The van der Waals surface area contributed by atoms with E-state index in [4.69, 9.17) is 9.72 Å². The van der Waals surface area contributed by atoms with Crippen molar-refractivity contribution in [1.82, 2.24) is 15.0 Å². The Morgan fingerprint density at radius 1 is 1.18 bits per heavy atom. The topological polar surface area (TPSA) is 77.0 Å². The van der Waals surface area contributed by atoms with Crippen molar-refractivity contribution in [3.05, 3.63) is 65.9 Å². The van der Waals surface area contributed by atoms with Crippen molar-refractivity contribution < 1.29 is 9.53 Å². The zero-order chi connectivity index (χ0) is 19.3. The first-order chi connectivity index (χ1) is 13.7. The Kier molecular flexibility index (Phi) is 5.28. The van der Waals surface area contributed by atoms with E-state index in [1.54, 1.807) is 12.4 Å². The van der Waals surface area contributed by atoms with Gasteiger partial charge in [0.2, 0.25) is 11.8 Å². The van der Waals surface area contributed by atoms with Crippen LogP contribution in [0.3, 0.4) is 0 Å². The average molecular weight is 374 g/mol. The Bertz CT molecular complexity index is 989. The molecule has 3 aromatic heterocycles. The van der Waals surface area contributed by atoms with Gasteiger partial charge in [0, 0.05) is 36.6 Å². The van der Waals surface area contributed by atoms with Crippen LogP contribution in [0.15, 0.2) is 48.9 Å². The first kappa shape index (κ1) is 18.1. The molecular formula is C22H22N4O2. The lowest BCUT2D eigenvalue weighted by molar-refractivity contribution is -0.114. The number of anilines is 1. The van der Waals surface area contributed by atoms with Crippen LogP contribution in [0, 0.1) is 0 Å². The Balaban J connectivity index is 1.68. The van der Waals surface area contributed by atoms with Crippen LogP contribution in [0.25, 0.3) is 11.1 Å². The third-order valence-corrected chi connectivity index (χ3v) is 4.74. The normalized spacial score (nSPS) is 12.9. The van der Waals surface area contributed by atoms with Gasteiger partial charge in [-0.2, -0.15) is 0 Å². The van der Waals surface area contributed by atoms with Crippen molar-refractivity contribution in [2.75, 3.05) is 5.32 Å². The van der Waals surface area contributed by atoms with Crippen LogP contribution in [-0.4, -0.2) is 20.9 Å². The minimum atomic E-state index is -0.116. The predicted molar refractivity (Wildman–Crippen MR) is 107 cm³/mol. The Labute approximate surface area is 164 Å². The third-order valence-electron chi connectivity index (χ3n) is 4.74. The Hall–Kier alpha value is -3.28. The van der Waals surface area contributed by atoms with Crippen molar-refractivity contribution in [2.45, 2.75) is 39.2 Å². The second-order valence-electron chi connectivity index (χ2n) is 6.89. The lowest BCUT2D eigenvalue weighted by Gasteiger charge is -2.20. The number of carbonyl (C=O) groups is 1. The zero-order valence-corrected chi connectivity index (χ0v) is 15.8. The van der Waals surface area contributed by atoms with E-state index in [0.717, 1.165) is 48.2 Å². The molecule has 3 heterocycles. The van der Waals surface area contributed by atoms with Gasteiger partial charge >= 0.3 is 0 Å². The molecule has 0 aliphatic heterocycles. The number of hydrogen-bond acceptors (Lipinski definition) is 5. The number of ether oxygens (including phenoxy) is 1. The molecule has 4 rings (SSSR count). The lowest BCUT2D eigenvalue weighted by Crippen LogP contribution is -2.10. The van der Waals surface area contributed by atoms with Crippen LogP contribution in [0.4, 0.5) is 5.69 Å². The molecule has 0 bridgehead atoms. The number of aromatic nitrogens is 3. The second-order valence-corrected chi connectivity index (χ2v) is 6.89. The summed E-state index contributed by atoms with van der Waals surface area (Å²) in [5.41, 5.74) is 5.90. The highest BCUT2D eigenvalue weighted by molar-refractivity contribution is 5.89. The molecule has 0 spiro atoms. The van der Waals surface area contributed by atoms with E-state index < -0.39 is 0 Å². The van der Waals surface area contributed by atoms with Gasteiger partial charge in [-0.15, -0.1) is 0 Å². The maximum Gasteiger partial charge on any atom is 0.221 e. The molecule has 1 amide bonds. The number of hydrogen-bond donors (Lipinski definition) is 1. The lowest BCUT2D eigenvalue weighted by atomic mass is 9.89. The number of aryl methyl sites for hydroxylation is 1. The average Bonchev–Trinajstić information content (AvgIpc) is 2.72. The number of nitrogens with zero attached hydrogens (tertiary/aromatic N) is 3. The fraction of sp³-hybridized carbons (Fsp3) is 0.273. The number of nitrogens with one attached hydrogen (secondary N) is 1. The SMILES string of the molecule is CC(=O)Nc1cncc(-c2cc(OCc3ccccn3)nc3c2CCCC3)c1.